The number of hydrogen-bond acceptors (Lipinski definition) is 2. The van der Waals surface area contributed by atoms with Crippen LogP contribution < -0.4 is 0 Å². The number of nitrogens with zero attached hydrogens (tertiary/aromatic N) is 3. The predicted molar refractivity (Wildman–Crippen MR) is 95.2 cm³/mol. The molecule has 0 bridgehead atoms. The summed E-state index contributed by atoms with van der Waals surface area (Å²) in [6, 6.07) is 0. The number of hydrogen-bond donors (Lipinski definition) is 1. The summed E-state index contributed by atoms with van der Waals surface area (Å²) in [6.45, 7) is 5.75. The van der Waals surface area contributed by atoms with Gasteiger partial charge < -0.3 is 5.11 Å². The van der Waals surface area contributed by atoms with Gasteiger partial charge in [-0.1, -0.05) is 19.0 Å². The molecule has 4 aliphatic rings. The van der Waals surface area contributed by atoms with Gasteiger partial charge >= 0.3 is 0 Å². The summed E-state index contributed by atoms with van der Waals surface area (Å²) in [5.74, 6) is 3.90. The van der Waals surface area contributed by atoms with Gasteiger partial charge in [0.2, 0.25) is 0 Å². The number of aliphatic hydroxyl groups is 1. The van der Waals surface area contributed by atoms with Crippen LogP contribution in [0, 0.1) is 40.4 Å². The molecule has 4 aliphatic carbocycles. The molecule has 0 unspecified atom stereocenters. The zero-order chi connectivity index (χ0) is 16.9. The van der Waals surface area contributed by atoms with Gasteiger partial charge in [-0.2, -0.15) is 0 Å². The second kappa shape index (κ2) is 5.92. The van der Waals surface area contributed by atoms with Crippen LogP contribution in [0.25, 0.3) is 10.4 Å². The maximum absolute atomic E-state index is 10.1. The minimum absolute atomic E-state index is 0.0480. The highest BCUT2D eigenvalue weighted by Gasteiger charge is 2.59. The Balaban J connectivity index is 1.57. The molecule has 8 atom stereocenters. The van der Waals surface area contributed by atoms with E-state index < -0.39 is 0 Å². The summed E-state index contributed by atoms with van der Waals surface area (Å²) in [4.78, 5) is 3.02. The molecule has 0 amide bonds. The molecule has 0 aliphatic heterocycles. The van der Waals surface area contributed by atoms with Crippen LogP contribution in [0.2, 0.25) is 0 Å². The van der Waals surface area contributed by atoms with Gasteiger partial charge in [0.05, 0.1) is 6.10 Å². The van der Waals surface area contributed by atoms with Crippen LogP contribution >= 0.6 is 0 Å². The lowest BCUT2D eigenvalue weighted by Crippen LogP contribution is -2.54. The lowest BCUT2D eigenvalue weighted by Gasteiger charge is -2.61. The zero-order valence-electron chi connectivity index (χ0n) is 15.3. The molecule has 0 aromatic heterocycles. The lowest BCUT2D eigenvalue weighted by atomic mass is 9.44. The third-order valence-electron chi connectivity index (χ3n) is 9.20. The molecule has 24 heavy (non-hydrogen) atoms. The van der Waals surface area contributed by atoms with E-state index in [0.29, 0.717) is 23.3 Å². The van der Waals surface area contributed by atoms with Crippen molar-refractivity contribution >= 4 is 0 Å². The van der Waals surface area contributed by atoms with E-state index in [9.17, 15) is 5.11 Å². The maximum atomic E-state index is 10.1. The van der Waals surface area contributed by atoms with E-state index >= 15 is 0 Å². The van der Waals surface area contributed by atoms with Crippen molar-refractivity contribution in [3.8, 4) is 0 Å². The molecule has 0 heterocycles. The molecular weight excluding hydrogens is 298 g/mol. The first kappa shape index (κ1) is 16.7. The average Bonchev–Trinajstić information content (AvgIpc) is 2.90. The van der Waals surface area contributed by atoms with Crippen molar-refractivity contribution in [2.75, 3.05) is 6.54 Å². The Morgan fingerprint density at radius 2 is 1.75 bits per heavy atom. The van der Waals surface area contributed by atoms with Gasteiger partial charge in [-0.15, -0.1) is 0 Å². The first-order valence-electron chi connectivity index (χ1n) is 10.2. The molecular formula is C20H33N3O. The zero-order valence-corrected chi connectivity index (χ0v) is 15.3. The monoisotopic (exact) mass is 331 g/mol. The fourth-order valence-corrected chi connectivity index (χ4v) is 7.78. The van der Waals surface area contributed by atoms with Crippen LogP contribution in [0.1, 0.15) is 71.6 Å². The molecule has 0 aromatic rings. The normalized spacial score (nSPS) is 53.5. The topological polar surface area (TPSA) is 69.0 Å². The number of azide groups is 1. The Kier molecular flexibility index (Phi) is 4.12. The van der Waals surface area contributed by atoms with Crippen LogP contribution in [0.4, 0.5) is 0 Å². The van der Waals surface area contributed by atoms with Crippen molar-refractivity contribution in [3.63, 3.8) is 0 Å². The van der Waals surface area contributed by atoms with Crippen LogP contribution in [0.3, 0.4) is 0 Å². The van der Waals surface area contributed by atoms with Crippen LogP contribution in [0.5, 0.6) is 0 Å². The van der Waals surface area contributed by atoms with Gasteiger partial charge in [-0.05, 0) is 104 Å². The number of fused-ring (bicyclic) bond motifs is 5. The molecule has 0 spiro atoms. The minimum Gasteiger partial charge on any atom is -0.393 e. The summed E-state index contributed by atoms with van der Waals surface area (Å²) >= 11 is 0. The molecule has 4 heteroatoms. The molecule has 4 fully saturated rings. The van der Waals surface area contributed by atoms with E-state index in [-0.39, 0.29) is 6.10 Å². The quantitative estimate of drug-likeness (QED) is 0.415. The Labute approximate surface area is 146 Å². The third kappa shape index (κ3) is 2.33. The van der Waals surface area contributed by atoms with Crippen LogP contribution in [-0.4, -0.2) is 17.8 Å². The molecule has 0 saturated heterocycles. The molecule has 4 nitrogen and oxygen atoms in total. The van der Waals surface area contributed by atoms with E-state index in [4.69, 9.17) is 5.53 Å². The predicted octanol–water partition coefficient (Wildman–Crippen LogP) is 5.32. The highest BCUT2D eigenvalue weighted by molar-refractivity contribution is 5.09. The van der Waals surface area contributed by atoms with E-state index in [1.807, 2.05) is 0 Å². The van der Waals surface area contributed by atoms with Crippen molar-refractivity contribution in [1.82, 2.24) is 0 Å². The van der Waals surface area contributed by atoms with Crippen molar-refractivity contribution < 1.29 is 5.11 Å². The van der Waals surface area contributed by atoms with E-state index in [1.54, 1.807) is 0 Å². The summed E-state index contributed by atoms with van der Waals surface area (Å²) < 4.78 is 0. The fraction of sp³-hybridized carbons (Fsp3) is 1.00. The Hall–Kier alpha value is -0.730. The van der Waals surface area contributed by atoms with Gasteiger partial charge in [0.1, 0.15) is 0 Å². The van der Waals surface area contributed by atoms with Crippen molar-refractivity contribution in [1.29, 1.82) is 0 Å². The highest BCUT2D eigenvalue weighted by Crippen LogP contribution is 2.67. The summed E-state index contributed by atoms with van der Waals surface area (Å²) in [5.41, 5.74) is 9.58. The molecule has 0 radical (unpaired) electrons. The first-order valence-corrected chi connectivity index (χ1v) is 10.2. The Bertz CT molecular complexity index is 545. The maximum Gasteiger partial charge on any atom is 0.0543 e. The van der Waals surface area contributed by atoms with Crippen LogP contribution in [-0.2, 0) is 0 Å². The number of aliphatic hydroxyl groups excluding tert-OH is 1. The fourth-order valence-electron chi connectivity index (χ4n) is 7.78. The average molecular weight is 332 g/mol. The molecule has 134 valence electrons. The first-order chi connectivity index (χ1) is 11.5. The van der Waals surface area contributed by atoms with Crippen molar-refractivity contribution in [2.45, 2.75) is 77.7 Å². The second-order valence-corrected chi connectivity index (χ2v) is 9.82. The van der Waals surface area contributed by atoms with Gasteiger partial charge in [-0.3, -0.25) is 0 Å². The standard InChI is InChI=1S/C20H33N3O/c1-19-9-7-15(24)11-13(19)3-5-16-17-6-4-14(12-22-23-21)20(17,2)10-8-18(16)19/h13-18,24H,3-12H2,1-2H3/t13-,14-,15-,16+,17+,18+,19+,20-/m1/s1. The van der Waals surface area contributed by atoms with Crippen molar-refractivity contribution in [3.05, 3.63) is 10.4 Å². The van der Waals surface area contributed by atoms with Gasteiger partial charge in [-0.25, -0.2) is 0 Å². The molecule has 0 aromatic carbocycles. The lowest BCUT2D eigenvalue weighted by molar-refractivity contribution is -0.126. The van der Waals surface area contributed by atoms with E-state index in [0.717, 1.165) is 36.5 Å². The Morgan fingerprint density at radius 1 is 1.00 bits per heavy atom. The van der Waals surface area contributed by atoms with Crippen LogP contribution in [0.15, 0.2) is 5.11 Å². The van der Waals surface area contributed by atoms with E-state index in [1.165, 1.54) is 44.9 Å². The third-order valence-corrected chi connectivity index (χ3v) is 9.20. The Morgan fingerprint density at radius 3 is 2.54 bits per heavy atom. The van der Waals surface area contributed by atoms with Gasteiger partial charge in [0.25, 0.3) is 0 Å². The second-order valence-electron chi connectivity index (χ2n) is 9.82. The highest BCUT2D eigenvalue weighted by atomic mass is 16.3. The minimum atomic E-state index is -0.0480. The molecule has 4 saturated carbocycles. The molecule has 4 rings (SSSR count). The van der Waals surface area contributed by atoms with Gasteiger partial charge in [0, 0.05) is 11.5 Å². The van der Waals surface area contributed by atoms with E-state index in [2.05, 4.69) is 23.9 Å². The van der Waals surface area contributed by atoms with Crippen molar-refractivity contribution in [2.24, 2.45) is 45.5 Å². The SMILES string of the molecule is C[C@]12CC[C@@H](O)C[C@H]1CC[C@@H]1[C@@H]2CC[C@]2(C)[C@@H](CN=[N+]=[N-])CC[C@@H]12. The summed E-state index contributed by atoms with van der Waals surface area (Å²) in [7, 11) is 0. The summed E-state index contributed by atoms with van der Waals surface area (Å²) in [5, 5.41) is 14.1. The molecule has 1 N–H and O–H groups in total. The van der Waals surface area contributed by atoms with Gasteiger partial charge in [0.15, 0.2) is 0 Å². The number of rotatable bonds is 2. The largest absolute Gasteiger partial charge is 0.393 e. The smallest absolute Gasteiger partial charge is 0.0543 e. The summed E-state index contributed by atoms with van der Waals surface area (Å²) in [6.07, 6.45) is 11.2.